The van der Waals surface area contributed by atoms with E-state index in [0.29, 0.717) is 17.1 Å². The van der Waals surface area contributed by atoms with E-state index >= 15 is 0 Å². The Balaban J connectivity index is 2.54. The van der Waals surface area contributed by atoms with Gasteiger partial charge >= 0.3 is 0 Å². The maximum Gasteiger partial charge on any atom is 0.230 e. The van der Waals surface area contributed by atoms with Crippen LogP contribution in [0.15, 0.2) is 0 Å². The molecule has 0 bridgehead atoms. The molecule has 1 amide bonds. The normalized spacial score (nSPS) is 11.9. The highest BCUT2D eigenvalue weighted by molar-refractivity contribution is 8.01. The van der Waals surface area contributed by atoms with Crippen LogP contribution in [0.1, 0.15) is 46.5 Å². The highest BCUT2D eigenvalue weighted by Gasteiger charge is 2.14. The smallest absolute Gasteiger partial charge is 0.230 e. The maximum absolute atomic E-state index is 11.7. The lowest BCUT2D eigenvalue weighted by Gasteiger charge is -2.17. The molecule has 1 aromatic rings. The Morgan fingerprint density at radius 2 is 2.16 bits per heavy atom. The number of aromatic nitrogens is 3. The van der Waals surface area contributed by atoms with E-state index < -0.39 is 0 Å². The Morgan fingerprint density at radius 3 is 2.68 bits per heavy atom. The summed E-state index contributed by atoms with van der Waals surface area (Å²) in [6, 6.07) is 0.224. The van der Waals surface area contributed by atoms with Gasteiger partial charge in [0.1, 0.15) is 0 Å². The molecule has 0 saturated carbocycles. The summed E-state index contributed by atoms with van der Waals surface area (Å²) in [5.41, 5.74) is 0. The molecule has 1 aromatic heterocycles. The van der Waals surface area contributed by atoms with Gasteiger partial charge in [-0.05, 0) is 26.1 Å². The van der Waals surface area contributed by atoms with Crippen molar-refractivity contribution >= 4 is 29.9 Å². The van der Waals surface area contributed by atoms with Crippen LogP contribution in [0.3, 0.4) is 0 Å². The zero-order chi connectivity index (χ0) is 14.6. The van der Waals surface area contributed by atoms with E-state index in [9.17, 15) is 4.79 Å². The van der Waals surface area contributed by atoms with Crippen molar-refractivity contribution < 1.29 is 4.79 Å². The quantitative estimate of drug-likeness (QED) is 0.821. The average molecular weight is 302 g/mol. The SMILES string of the molecule is CC(C)n1c(CNC(=O)CSC(C)(C)C)n[nH]c1=S. The number of hydrogen-bond donors (Lipinski definition) is 2. The third-order valence-electron chi connectivity index (χ3n) is 2.37. The van der Waals surface area contributed by atoms with Gasteiger partial charge in [0, 0.05) is 10.8 Å². The van der Waals surface area contributed by atoms with Crippen molar-refractivity contribution in [1.82, 2.24) is 20.1 Å². The molecule has 0 aliphatic rings. The minimum atomic E-state index is 0.0177. The van der Waals surface area contributed by atoms with Crippen molar-refractivity contribution in [2.45, 2.75) is 52.0 Å². The van der Waals surface area contributed by atoms with Gasteiger partial charge in [0.15, 0.2) is 10.6 Å². The Kier molecular flexibility index (Phi) is 5.61. The predicted molar refractivity (Wildman–Crippen MR) is 81.9 cm³/mol. The number of nitrogens with zero attached hydrogens (tertiary/aromatic N) is 2. The van der Waals surface area contributed by atoms with Crippen LogP contribution in [0.2, 0.25) is 0 Å². The van der Waals surface area contributed by atoms with Crippen LogP contribution in [0.5, 0.6) is 0 Å². The number of thioether (sulfide) groups is 1. The van der Waals surface area contributed by atoms with E-state index in [4.69, 9.17) is 12.2 Å². The monoisotopic (exact) mass is 302 g/mol. The Labute approximate surface area is 123 Å². The zero-order valence-electron chi connectivity index (χ0n) is 12.1. The average Bonchev–Trinajstić information content (AvgIpc) is 2.64. The first-order chi connectivity index (χ1) is 8.70. The number of hydrogen-bond acceptors (Lipinski definition) is 4. The molecule has 0 saturated heterocycles. The fourth-order valence-electron chi connectivity index (χ4n) is 1.51. The topological polar surface area (TPSA) is 62.7 Å². The summed E-state index contributed by atoms with van der Waals surface area (Å²) >= 11 is 6.78. The Morgan fingerprint density at radius 1 is 1.53 bits per heavy atom. The minimum Gasteiger partial charge on any atom is -0.348 e. The number of amides is 1. The van der Waals surface area contributed by atoms with Gasteiger partial charge in [-0.15, -0.1) is 11.8 Å². The van der Waals surface area contributed by atoms with Gasteiger partial charge in [-0.25, -0.2) is 0 Å². The van der Waals surface area contributed by atoms with Crippen LogP contribution in [0.4, 0.5) is 0 Å². The Hall–Kier alpha value is -0.820. The number of carbonyl (C=O) groups is 1. The molecule has 2 N–H and O–H groups in total. The molecule has 0 unspecified atom stereocenters. The molecule has 0 atom stereocenters. The zero-order valence-corrected chi connectivity index (χ0v) is 13.7. The van der Waals surface area contributed by atoms with Crippen molar-refractivity contribution in [2.24, 2.45) is 0 Å². The van der Waals surface area contributed by atoms with Crippen LogP contribution in [-0.2, 0) is 11.3 Å². The number of aromatic amines is 1. The lowest BCUT2D eigenvalue weighted by atomic mass is 10.3. The first kappa shape index (κ1) is 16.2. The second-order valence-electron chi connectivity index (χ2n) is 5.59. The highest BCUT2D eigenvalue weighted by atomic mass is 32.2. The number of H-pyrrole nitrogens is 1. The summed E-state index contributed by atoms with van der Waals surface area (Å²) in [6.45, 7) is 10.7. The predicted octanol–water partition coefficient (Wildman–Crippen LogP) is 2.67. The Bertz CT molecular complexity index is 485. The maximum atomic E-state index is 11.7. The van der Waals surface area contributed by atoms with E-state index in [1.165, 1.54) is 0 Å². The third-order valence-corrected chi connectivity index (χ3v) is 3.93. The summed E-state index contributed by atoms with van der Waals surface area (Å²) < 4.78 is 2.59. The molecule has 7 heteroatoms. The van der Waals surface area contributed by atoms with Gasteiger partial charge in [-0.2, -0.15) is 5.10 Å². The van der Waals surface area contributed by atoms with Crippen LogP contribution in [0.25, 0.3) is 0 Å². The molecular formula is C12H22N4OS2. The minimum absolute atomic E-state index is 0.0177. The van der Waals surface area contributed by atoms with Gasteiger partial charge in [-0.3, -0.25) is 9.89 Å². The van der Waals surface area contributed by atoms with Crippen LogP contribution < -0.4 is 5.32 Å². The first-order valence-electron chi connectivity index (χ1n) is 6.27. The van der Waals surface area contributed by atoms with E-state index in [1.54, 1.807) is 11.8 Å². The van der Waals surface area contributed by atoms with Gasteiger partial charge in [0.25, 0.3) is 0 Å². The van der Waals surface area contributed by atoms with Crippen molar-refractivity contribution in [3.05, 3.63) is 10.6 Å². The summed E-state index contributed by atoms with van der Waals surface area (Å²) in [7, 11) is 0. The van der Waals surface area contributed by atoms with Crippen molar-refractivity contribution in [1.29, 1.82) is 0 Å². The molecule has 0 fully saturated rings. The van der Waals surface area contributed by atoms with E-state index in [1.807, 2.05) is 18.4 Å². The fourth-order valence-corrected chi connectivity index (χ4v) is 2.53. The van der Waals surface area contributed by atoms with E-state index in [-0.39, 0.29) is 16.7 Å². The van der Waals surface area contributed by atoms with Crippen LogP contribution >= 0.6 is 24.0 Å². The molecule has 0 spiro atoms. The van der Waals surface area contributed by atoms with Crippen molar-refractivity contribution in [2.75, 3.05) is 5.75 Å². The second kappa shape index (κ2) is 6.56. The third kappa shape index (κ3) is 5.36. The molecule has 0 aliphatic heterocycles. The molecule has 0 aliphatic carbocycles. The fraction of sp³-hybridized carbons (Fsp3) is 0.750. The molecule has 5 nitrogen and oxygen atoms in total. The van der Waals surface area contributed by atoms with E-state index in [0.717, 1.165) is 5.82 Å². The highest BCUT2D eigenvalue weighted by Crippen LogP contribution is 2.22. The molecule has 108 valence electrons. The number of nitrogens with one attached hydrogen (secondary N) is 2. The first-order valence-corrected chi connectivity index (χ1v) is 7.66. The summed E-state index contributed by atoms with van der Waals surface area (Å²) in [5.74, 6) is 1.23. The van der Waals surface area contributed by atoms with Crippen LogP contribution in [0, 0.1) is 4.77 Å². The van der Waals surface area contributed by atoms with Gasteiger partial charge in [0.2, 0.25) is 5.91 Å². The molecule has 1 heterocycles. The van der Waals surface area contributed by atoms with Gasteiger partial charge in [-0.1, -0.05) is 20.8 Å². The van der Waals surface area contributed by atoms with Gasteiger partial charge < -0.3 is 9.88 Å². The number of carbonyl (C=O) groups excluding carboxylic acids is 1. The lowest BCUT2D eigenvalue weighted by molar-refractivity contribution is -0.118. The summed E-state index contributed by atoms with van der Waals surface area (Å²) in [6.07, 6.45) is 0. The van der Waals surface area contributed by atoms with Crippen molar-refractivity contribution in [3.63, 3.8) is 0 Å². The molecule has 19 heavy (non-hydrogen) atoms. The summed E-state index contributed by atoms with van der Waals surface area (Å²) in [4.78, 5) is 11.7. The van der Waals surface area contributed by atoms with Gasteiger partial charge in [0.05, 0.1) is 12.3 Å². The van der Waals surface area contributed by atoms with Crippen molar-refractivity contribution in [3.8, 4) is 0 Å². The summed E-state index contributed by atoms with van der Waals surface area (Å²) in [5, 5.41) is 9.77. The molecule has 0 radical (unpaired) electrons. The van der Waals surface area contributed by atoms with Crippen LogP contribution in [-0.4, -0.2) is 31.2 Å². The molecule has 0 aromatic carbocycles. The largest absolute Gasteiger partial charge is 0.348 e. The molecular weight excluding hydrogens is 280 g/mol. The molecule has 1 rings (SSSR count). The second-order valence-corrected chi connectivity index (χ2v) is 7.78. The van der Waals surface area contributed by atoms with E-state index in [2.05, 4.69) is 36.3 Å². The standard InChI is InChI=1S/C12H22N4OS2/c1-8(2)16-9(14-15-11(16)18)6-13-10(17)7-19-12(3,4)5/h8H,6-7H2,1-5H3,(H,13,17)(H,15,18). The number of rotatable bonds is 5. The lowest BCUT2D eigenvalue weighted by Crippen LogP contribution is -2.28.